The number of anilines is 1. The van der Waals surface area contributed by atoms with Gasteiger partial charge in [-0.3, -0.25) is 19.5 Å². The Kier molecular flexibility index (Phi) is 7.64. The highest BCUT2D eigenvalue weighted by Gasteiger charge is 2.17. The van der Waals surface area contributed by atoms with Gasteiger partial charge in [0.05, 0.1) is 16.4 Å². The number of thioether (sulfide) groups is 1. The lowest BCUT2D eigenvalue weighted by molar-refractivity contribution is -0.384. The molecule has 1 aromatic heterocycles. The number of hydrogen-bond acceptors (Lipinski definition) is 7. The van der Waals surface area contributed by atoms with Gasteiger partial charge in [0, 0.05) is 22.8 Å². The maximum absolute atomic E-state index is 12.6. The van der Waals surface area contributed by atoms with Gasteiger partial charge >= 0.3 is 0 Å². The molecule has 0 aliphatic carbocycles. The van der Waals surface area contributed by atoms with E-state index in [1.165, 1.54) is 23.9 Å². The van der Waals surface area contributed by atoms with Crippen LogP contribution in [0.5, 0.6) is 5.75 Å². The third-order valence-electron chi connectivity index (χ3n) is 4.93. The Balaban J connectivity index is 1.49. The van der Waals surface area contributed by atoms with Crippen LogP contribution in [0.3, 0.4) is 0 Å². The highest BCUT2D eigenvalue weighted by molar-refractivity contribution is 7.99. The van der Waals surface area contributed by atoms with E-state index in [0.717, 1.165) is 11.3 Å². The summed E-state index contributed by atoms with van der Waals surface area (Å²) in [6, 6.07) is 20.9. The molecular formula is C24H20ClN5O4S. The molecule has 0 unspecified atom stereocenters. The molecule has 0 saturated heterocycles. The van der Waals surface area contributed by atoms with E-state index in [2.05, 4.69) is 15.5 Å². The Bertz CT molecular complexity index is 1350. The van der Waals surface area contributed by atoms with E-state index in [9.17, 15) is 14.9 Å². The van der Waals surface area contributed by atoms with Crippen molar-refractivity contribution >= 4 is 40.6 Å². The lowest BCUT2D eigenvalue weighted by Crippen LogP contribution is -2.15. The number of nitrogens with zero attached hydrogens (tertiary/aromatic N) is 4. The van der Waals surface area contributed by atoms with Gasteiger partial charge in [-0.25, -0.2) is 0 Å². The molecule has 3 aromatic carbocycles. The number of nitro groups is 1. The van der Waals surface area contributed by atoms with Gasteiger partial charge in [0.2, 0.25) is 5.91 Å². The van der Waals surface area contributed by atoms with Crippen molar-refractivity contribution in [3.63, 3.8) is 0 Å². The summed E-state index contributed by atoms with van der Waals surface area (Å²) >= 11 is 7.13. The molecule has 1 heterocycles. The van der Waals surface area contributed by atoms with Crippen LogP contribution in [0.1, 0.15) is 11.4 Å². The molecule has 0 aliphatic heterocycles. The number of carbonyl (C=O) groups is 1. The maximum atomic E-state index is 12.6. The highest BCUT2D eigenvalue weighted by Crippen LogP contribution is 2.25. The van der Waals surface area contributed by atoms with Crippen LogP contribution in [0.15, 0.2) is 78.0 Å². The van der Waals surface area contributed by atoms with Crippen LogP contribution in [-0.2, 0) is 11.4 Å². The lowest BCUT2D eigenvalue weighted by Gasteiger charge is -2.11. The normalized spacial score (nSPS) is 10.7. The first-order valence-corrected chi connectivity index (χ1v) is 11.8. The Morgan fingerprint density at radius 2 is 1.86 bits per heavy atom. The first kappa shape index (κ1) is 24.2. The van der Waals surface area contributed by atoms with Crippen molar-refractivity contribution in [2.45, 2.75) is 18.7 Å². The van der Waals surface area contributed by atoms with Gasteiger partial charge in [-0.2, -0.15) is 0 Å². The summed E-state index contributed by atoms with van der Waals surface area (Å²) in [4.78, 5) is 23.2. The fraction of sp³-hybridized carbons (Fsp3) is 0.125. The van der Waals surface area contributed by atoms with Gasteiger partial charge in [-0.15, -0.1) is 10.2 Å². The van der Waals surface area contributed by atoms with Crippen molar-refractivity contribution < 1.29 is 14.5 Å². The minimum absolute atomic E-state index is 0.0329. The molecule has 11 heteroatoms. The zero-order valence-corrected chi connectivity index (χ0v) is 20.1. The summed E-state index contributed by atoms with van der Waals surface area (Å²) in [5, 5.41) is 23.4. The van der Waals surface area contributed by atoms with Crippen molar-refractivity contribution in [3.05, 3.63) is 99.3 Å². The van der Waals surface area contributed by atoms with E-state index in [1.807, 2.05) is 34.9 Å². The molecule has 4 aromatic rings. The first-order valence-electron chi connectivity index (χ1n) is 10.5. The Morgan fingerprint density at radius 3 is 2.57 bits per heavy atom. The number of halogens is 1. The summed E-state index contributed by atoms with van der Waals surface area (Å²) < 4.78 is 7.67. The molecule has 35 heavy (non-hydrogen) atoms. The topological polar surface area (TPSA) is 112 Å². The minimum atomic E-state index is -0.500. The number of amides is 1. The average Bonchev–Trinajstić information content (AvgIpc) is 3.27. The van der Waals surface area contributed by atoms with Crippen molar-refractivity contribution in [2.24, 2.45) is 0 Å². The second-order valence-corrected chi connectivity index (χ2v) is 8.78. The maximum Gasteiger partial charge on any atom is 0.271 e. The van der Waals surface area contributed by atoms with Crippen LogP contribution < -0.4 is 10.1 Å². The molecule has 0 aliphatic rings. The van der Waals surface area contributed by atoms with Gasteiger partial charge in [-0.05, 0) is 48.9 Å². The average molecular weight is 510 g/mol. The second-order valence-electron chi connectivity index (χ2n) is 7.41. The molecule has 0 fully saturated rings. The molecule has 0 atom stereocenters. The number of aromatic nitrogens is 3. The number of nitro benzene ring substituents is 1. The molecule has 0 saturated carbocycles. The van der Waals surface area contributed by atoms with Crippen LogP contribution in [0.2, 0.25) is 5.02 Å². The van der Waals surface area contributed by atoms with Crippen molar-refractivity contribution in [3.8, 4) is 11.4 Å². The third-order valence-corrected chi connectivity index (χ3v) is 6.12. The molecular weight excluding hydrogens is 490 g/mol. The summed E-state index contributed by atoms with van der Waals surface area (Å²) in [5.41, 5.74) is 1.85. The molecule has 0 spiro atoms. The highest BCUT2D eigenvalue weighted by atomic mass is 35.5. The number of aryl methyl sites for hydroxylation is 1. The van der Waals surface area contributed by atoms with E-state index in [4.69, 9.17) is 16.3 Å². The van der Waals surface area contributed by atoms with Gasteiger partial charge < -0.3 is 10.1 Å². The first-order chi connectivity index (χ1) is 16.9. The zero-order chi connectivity index (χ0) is 24.8. The van der Waals surface area contributed by atoms with Gasteiger partial charge in [-0.1, -0.05) is 47.6 Å². The smallest absolute Gasteiger partial charge is 0.271 e. The van der Waals surface area contributed by atoms with Crippen molar-refractivity contribution in [1.29, 1.82) is 0 Å². The SMILES string of the molecule is Cc1ccc([N+](=O)[O-])cc1NC(=O)CSc1nnc(COc2ccc(Cl)cc2)n1-c1ccccc1. The number of benzene rings is 3. The van der Waals surface area contributed by atoms with E-state index in [-0.39, 0.29) is 24.0 Å². The fourth-order valence-electron chi connectivity index (χ4n) is 3.18. The number of para-hydroxylation sites is 1. The number of carbonyl (C=O) groups excluding carboxylic acids is 1. The van der Waals surface area contributed by atoms with Gasteiger partial charge in [0.1, 0.15) is 12.4 Å². The summed E-state index contributed by atoms with van der Waals surface area (Å²) in [5.74, 6) is 0.909. The Morgan fingerprint density at radius 1 is 1.11 bits per heavy atom. The summed E-state index contributed by atoms with van der Waals surface area (Å²) in [7, 11) is 0. The molecule has 0 radical (unpaired) electrons. The molecule has 1 N–H and O–H groups in total. The summed E-state index contributed by atoms with van der Waals surface area (Å²) in [6.07, 6.45) is 0. The molecule has 9 nitrogen and oxygen atoms in total. The number of ether oxygens (including phenoxy) is 1. The van der Waals surface area contributed by atoms with Crippen LogP contribution >= 0.6 is 23.4 Å². The Labute approximate surface area is 210 Å². The molecule has 1 amide bonds. The van der Waals surface area contributed by atoms with Crippen LogP contribution in [0.4, 0.5) is 11.4 Å². The predicted molar refractivity (Wildman–Crippen MR) is 134 cm³/mol. The Hall–Kier alpha value is -3.89. The van der Waals surface area contributed by atoms with Crippen LogP contribution in [0.25, 0.3) is 5.69 Å². The minimum Gasteiger partial charge on any atom is -0.486 e. The quantitative estimate of drug-likeness (QED) is 0.181. The van der Waals surface area contributed by atoms with Gasteiger partial charge in [0.25, 0.3) is 5.69 Å². The van der Waals surface area contributed by atoms with E-state index >= 15 is 0 Å². The number of nitrogens with one attached hydrogen (secondary N) is 1. The van der Waals surface area contributed by atoms with Gasteiger partial charge in [0.15, 0.2) is 11.0 Å². The van der Waals surface area contributed by atoms with Crippen molar-refractivity contribution in [2.75, 3.05) is 11.1 Å². The van der Waals surface area contributed by atoms with Crippen molar-refractivity contribution in [1.82, 2.24) is 14.8 Å². The predicted octanol–water partition coefficient (Wildman–Crippen LogP) is 5.45. The van der Waals surface area contributed by atoms with Crippen LogP contribution in [0, 0.1) is 17.0 Å². The zero-order valence-electron chi connectivity index (χ0n) is 18.6. The van der Waals surface area contributed by atoms with E-state index in [1.54, 1.807) is 37.3 Å². The third kappa shape index (κ3) is 6.17. The fourth-order valence-corrected chi connectivity index (χ4v) is 4.07. The monoisotopic (exact) mass is 509 g/mol. The van der Waals surface area contributed by atoms with E-state index in [0.29, 0.717) is 27.4 Å². The number of hydrogen-bond donors (Lipinski definition) is 1. The van der Waals surface area contributed by atoms with Crippen LogP contribution in [-0.4, -0.2) is 31.3 Å². The second kappa shape index (κ2) is 11.0. The molecule has 0 bridgehead atoms. The standard InChI is InChI=1S/C24H20ClN5O4S/c1-16-7-10-19(30(32)33)13-21(16)26-23(31)15-35-24-28-27-22(29(24)18-5-3-2-4-6-18)14-34-20-11-8-17(25)9-12-20/h2-13H,14-15H2,1H3,(H,26,31). The molecule has 178 valence electrons. The summed E-state index contributed by atoms with van der Waals surface area (Å²) in [6.45, 7) is 1.93. The largest absolute Gasteiger partial charge is 0.486 e. The lowest BCUT2D eigenvalue weighted by atomic mass is 10.2. The van der Waals surface area contributed by atoms with E-state index < -0.39 is 4.92 Å². The molecule has 4 rings (SSSR count). The number of rotatable bonds is 9. The number of non-ortho nitro benzene ring substituents is 1.